The second-order valence-corrected chi connectivity index (χ2v) is 3.45. The summed E-state index contributed by atoms with van der Waals surface area (Å²) in [7, 11) is 0. The molecule has 0 saturated heterocycles. The van der Waals surface area contributed by atoms with E-state index in [0.29, 0.717) is 31.1 Å². The van der Waals surface area contributed by atoms with E-state index in [1.807, 2.05) is 0 Å². The van der Waals surface area contributed by atoms with Gasteiger partial charge in [0.05, 0.1) is 0 Å². The van der Waals surface area contributed by atoms with Crippen molar-refractivity contribution in [2.75, 3.05) is 6.54 Å². The molecule has 0 bridgehead atoms. The molecule has 0 radical (unpaired) electrons. The number of halogens is 1. The molecule has 0 atom stereocenters. The van der Waals surface area contributed by atoms with Crippen molar-refractivity contribution in [3.63, 3.8) is 0 Å². The van der Waals surface area contributed by atoms with Crippen molar-refractivity contribution in [1.82, 2.24) is 10.1 Å². The Morgan fingerprint density at radius 2 is 2.00 bits per heavy atom. The molecule has 5 heteroatoms. The van der Waals surface area contributed by atoms with Gasteiger partial charge in [-0.05, 0) is 17.7 Å². The summed E-state index contributed by atoms with van der Waals surface area (Å²) in [6.45, 7) is 0.484. The van der Waals surface area contributed by atoms with Gasteiger partial charge >= 0.3 is 0 Å². The zero-order chi connectivity index (χ0) is 11.4. The number of aromatic nitrogens is 2. The van der Waals surface area contributed by atoms with E-state index in [1.165, 1.54) is 12.1 Å². The third kappa shape index (κ3) is 2.64. The van der Waals surface area contributed by atoms with Crippen LogP contribution in [0.3, 0.4) is 0 Å². The highest BCUT2D eigenvalue weighted by atomic mass is 19.1. The minimum atomic E-state index is -0.249. The lowest BCUT2D eigenvalue weighted by atomic mass is 10.1. The standard InChI is InChI=1S/C11H12FN3O/c12-9-3-1-8(2-4-9)7-10-14-11(5-6-13)16-15-10/h1-4H,5-7,13H2. The molecule has 84 valence electrons. The van der Waals surface area contributed by atoms with E-state index >= 15 is 0 Å². The molecular weight excluding hydrogens is 209 g/mol. The molecule has 2 rings (SSSR count). The van der Waals surface area contributed by atoms with Crippen LogP contribution >= 0.6 is 0 Å². The highest BCUT2D eigenvalue weighted by Crippen LogP contribution is 2.08. The Morgan fingerprint density at radius 3 is 2.69 bits per heavy atom. The molecule has 1 heterocycles. The monoisotopic (exact) mass is 221 g/mol. The number of hydrogen-bond donors (Lipinski definition) is 1. The number of benzene rings is 1. The van der Waals surface area contributed by atoms with Crippen LogP contribution in [0, 0.1) is 5.82 Å². The second-order valence-electron chi connectivity index (χ2n) is 3.45. The first-order chi connectivity index (χ1) is 7.78. The van der Waals surface area contributed by atoms with E-state index in [2.05, 4.69) is 10.1 Å². The van der Waals surface area contributed by atoms with Crippen LogP contribution in [-0.2, 0) is 12.8 Å². The summed E-state index contributed by atoms with van der Waals surface area (Å²) in [6, 6.07) is 6.23. The summed E-state index contributed by atoms with van der Waals surface area (Å²) < 4.78 is 17.7. The highest BCUT2D eigenvalue weighted by molar-refractivity contribution is 5.19. The normalized spacial score (nSPS) is 10.6. The van der Waals surface area contributed by atoms with E-state index in [9.17, 15) is 4.39 Å². The van der Waals surface area contributed by atoms with Crippen molar-refractivity contribution in [3.05, 3.63) is 47.4 Å². The summed E-state index contributed by atoms with van der Waals surface area (Å²) in [5, 5.41) is 3.82. The van der Waals surface area contributed by atoms with Crippen LogP contribution in [0.15, 0.2) is 28.8 Å². The molecular formula is C11H12FN3O. The Kier molecular flexibility index (Phi) is 3.26. The van der Waals surface area contributed by atoms with Crippen LogP contribution in [0.25, 0.3) is 0 Å². The Morgan fingerprint density at radius 1 is 1.25 bits per heavy atom. The zero-order valence-electron chi connectivity index (χ0n) is 8.69. The molecule has 0 aliphatic carbocycles. The van der Waals surface area contributed by atoms with Crippen molar-refractivity contribution in [2.24, 2.45) is 5.73 Å². The van der Waals surface area contributed by atoms with Crippen molar-refractivity contribution < 1.29 is 8.91 Å². The fourth-order valence-electron chi connectivity index (χ4n) is 1.37. The minimum absolute atomic E-state index is 0.249. The first kappa shape index (κ1) is 10.8. The van der Waals surface area contributed by atoms with Crippen molar-refractivity contribution >= 4 is 0 Å². The predicted octanol–water partition coefficient (Wildman–Crippen LogP) is 1.30. The molecule has 0 saturated carbocycles. The van der Waals surface area contributed by atoms with Crippen LogP contribution in [0.1, 0.15) is 17.3 Å². The smallest absolute Gasteiger partial charge is 0.227 e. The molecule has 0 fully saturated rings. The lowest BCUT2D eigenvalue weighted by Crippen LogP contribution is -2.02. The van der Waals surface area contributed by atoms with Crippen LogP contribution in [0.2, 0.25) is 0 Å². The second kappa shape index (κ2) is 4.85. The maximum atomic E-state index is 12.7. The molecule has 1 aromatic carbocycles. The Bertz CT molecular complexity index is 453. The van der Waals surface area contributed by atoms with Crippen LogP contribution < -0.4 is 5.73 Å². The van der Waals surface area contributed by atoms with Gasteiger partial charge in [0.1, 0.15) is 5.82 Å². The minimum Gasteiger partial charge on any atom is -0.339 e. The first-order valence-electron chi connectivity index (χ1n) is 5.04. The van der Waals surface area contributed by atoms with Gasteiger partial charge in [0, 0.05) is 19.4 Å². The Balaban J connectivity index is 2.05. The molecule has 0 unspecified atom stereocenters. The quantitative estimate of drug-likeness (QED) is 0.845. The molecule has 1 aromatic heterocycles. The summed E-state index contributed by atoms with van der Waals surface area (Å²) in [5.74, 6) is 0.885. The predicted molar refractivity (Wildman–Crippen MR) is 56.3 cm³/mol. The molecule has 0 amide bonds. The van der Waals surface area contributed by atoms with Crippen LogP contribution in [-0.4, -0.2) is 16.7 Å². The highest BCUT2D eigenvalue weighted by Gasteiger charge is 2.06. The number of rotatable bonds is 4. The topological polar surface area (TPSA) is 64.9 Å². The van der Waals surface area contributed by atoms with Gasteiger partial charge in [0.25, 0.3) is 0 Å². The van der Waals surface area contributed by atoms with E-state index in [0.717, 1.165) is 5.56 Å². The summed E-state index contributed by atoms with van der Waals surface area (Å²) in [4.78, 5) is 4.17. The third-order valence-electron chi connectivity index (χ3n) is 2.14. The number of nitrogens with two attached hydrogens (primary N) is 1. The van der Waals surface area contributed by atoms with E-state index in [4.69, 9.17) is 10.3 Å². The van der Waals surface area contributed by atoms with Gasteiger partial charge in [-0.2, -0.15) is 4.98 Å². The fraction of sp³-hybridized carbons (Fsp3) is 0.273. The summed E-state index contributed by atoms with van der Waals surface area (Å²) in [6.07, 6.45) is 1.12. The van der Waals surface area contributed by atoms with Gasteiger partial charge in [-0.25, -0.2) is 4.39 Å². The molecule has 16 heavy (non-hydrogen) atoms. The summed E-state index contributed by atoms with van der Waals surface area (Å²) >= 11 is 0. The third-order valence-corrected chi connectivity index (χ3v) is 2.14. The molecule has 2 N–H and O–H groups in total. The molecule has 0 spiro atoms. The average Bonchev–Trinajstić information content (AvgIpc) is 2.70. The SMILES string of the molecule is NCCc1nc(Cc2ccc(F)cc2)no1. The lowest BCUT2D eigenvalue weighted by Gasteiger charge is -1.95. The summed E-state index contributed by atoms with van der Waals surface area (Å²) in [5.41, 5.74) is 6.32. The van der Waals surface area contributed by atoms with Crippen molar-refractivity contribution in [2.45, 2.75) is 12.8 Å². The van der Waals surface area contributed by atoms with Gasteiger partial charge in [-0.15, -0.1) is 0 Å². The van der Waals surface area contributed by atoms with Gasteiger partial charge < -0.3 is 10.3 Å². The van der Waals surface area contributed by atoms with Crippen molar-refractivity contribution in [1.29, 1.82) is 0 Å². The Hall–Kier alpha value is -1.75. The van der Waals surface area contributed by atoms with E-state index in [-0.39, 0.29) is 5.82 Å². The average molecular weight is 221 g/mol. The van der Waals surface area contributed by atoms with Gasteiger partial charge in [-0.3, -0.25) is 0 Å². The van der Waals surface area contributed by atoms with Gasteiger partial charge in [-0.1, -0.05) is 17.3 Å². The Labute approximate surface area is 92.3 Å². The largest absolute Gasteiger partial charge is 0.339 e. The first-order valence-corrected chi connectivity index (χ1v) is 5.04. The lowest BCUT2D eigenvalue weighted by molar-refractivity contribution is 0.375. The van der Waals surface area contributed by atoms with Gasteiger partial charge in [0.15, 0.2) is 5.82 Å². The maximum Gasteiger partial charge on any atom is 0.227 e. The zero-order valence-corrected chi connectivity index (χ0v) is 8.69. The molecule has 0 aliphatic heterocycles. The fourth-order valence-corrected chi connectivity index (χ4v) is 1.37. The molecule has 4 nitrogen and oxygen atoms in total. The number of hydrogen-bond acceptors (Lipinski definition) is 4. The van der Waals surface area contributed by atoms with E-state index in [1.54, 1.807) is 12.1 Å². The maximum absolute atomic E-state index is 12.7. The van der Waals surface area contributed by atoms with Crippen LogP contribution in [0.5, 0.6) is 0 Å². The molecule has 2 aromatic rings. The molecule has 0 aliphatic rings. The van der Waals surface area contributed by atoms with E-state index < -0.39 is 0 Å². The van der Waals surface area contributed by atoms with Crippen molar-refractivity contribution in [3.8, 4) is 0 Å². The number of nitrogens with zero attached hydrogens (tertiary/aromatic N) is 2. The van der Waals surface area contributed by atoms with Crippen LogP contribution in [0.4, 0.5) is 4.39 Å². The van der Waals surface area contributed by atoms with Gasteiger partial charge in [0.2, 0.25) is 5.89 Å².